The molecule has 1 atom stereocenters. The molecule has 1 aromatic carbocycles. The molecule has 6 nitrogen and oxygen atoms in total. The van der Waals surface area contributed by atoms with Gasteiger partial charge in [-0.15, -0.1) is 10.2 Å². The first-order chi connectivity index (χ1) is 13.3. The molecule has 1 unspecified atom stereocenters. The van der Waals surface area contributed by atoms with Gasteiger partial charge in [0.25, 0.3) is 0 Å². The second-order valence-electron chi connectivity index (χ2n) is 6.65. The van der Waals surface area contributed by atoms with Crippen molar-refractivity contribution in [1.29, 1.82) is 0 Å². The highest BCUT2D eigenvalue weighted by Crippen LogP contribution is 2.23. The molecule has 0 aliphatic rings. The average molecular weight is 399 g/mol. The van der Waals surface area contributed by atoms with E-state index in [1.807, 2.05) is 39.0 Å². The molecule has 0 N–H and O–H groups in total. The van der Waals surface area contributed by atoms with Crippen molar-refractivity contribution in [3.8, 4) is 5.82 Å². The summed E-state index contributed by atoms with van der Waals surface area (Å²) in [7, 11) is 1.71. The summed E-state index contributed by atoms with van der Waals surface area (Å²) in [5, 5.41) is 13.1. The fourth-order valence-electron chi connectivity index (χ4n) is 2.88. The Kier molecular flexibility index (Phi) is 6.08. The molecule has 1 amide bonds. The largest absolute Gasteiger partial charge is 0.340 e. The molecule has 0 bridgehead atoms. The molecule has 28 heavy (non-hydrogen) atoms. The number of benzene rings is 1. The van der Waals surface area contributed by atoms with Crippen LogP contribution in [0, 0.1) is 19.7 Å². The van der Waals surface area contributed by atoms with Gasteiger partial charge in [-0.25, -0.2) is 9.07 Å². The van der Waals surface area contributed by atoms with E-state index in [-0.39, 0.29) is 17.0 Å². The Hall–Kier alpha value is -2.74. The summed E-state index contributed by atoms with van der Waals surface area (Å²) >= 11 is 1.34. The third kappa shape index (κ3) is 4.75. The van der Waals surface area contributed by atoms with E-state index in [9.17, 15) is 9.18 Å². The molecule has 8 heteroatoms. The number of rotatable bonds is 6. The molecule has 0 aliphatic carbocycles. The molecule has 0 aliphatic heterocycles. The minimum Gasteiger partial charge on any atom is -0.340 e. The van der Waals surface area contributed by atoms with Crippen molar-refractivity contribution in [1.82, 2.24) is 24.9 Å². The zero-order valence-corrected chi connectivity index (χ0v) is 17.1. The van der Waals surface area contributed by atoms with Gasteiger partial charge in [0.15, 0.2) is 5.82 Å². The summed E-state index contributed by atoms with van der Waals surface area (Å²) in [4.78, 5) is 14.2. The van der Waals surface area contributed by atoms with Crippen LogP contribution < -0.4 is 0 Å². The third-order valence-corrected chi connectivity index (χ3v) is 5.20. The van der Waals surface area contributed by atoms with Crippen LogP contribution in [0.4, 0.5) is 4.39 Å². The summed E-state index contributed by atoms with van der Waals surface area (Å²) in [6.07, 6.45) is 0. The van der Waals surface area contributed by atoms with Gasteiger partial charge in [0.1, 0.15) is 10.8 Å². The number of hydrogen-bond donors (Lipinski definition) is 0. The molecular weight excluding hydrogens is 377 g/mol. The van der Waals surface area contributed by atoms with E-state index in [2.05, 4.69) is 15.3 Å². The van der Waals surface area contributed by atoms with Crippen LogP contribution >= 0.6 is 11.8 Å². The van der Waals surface area contributed by atoms with Crippen molar-refractivity contribution >= 4 is 17.7 Å². The molecule has 2 heterocycles. The molecule has 0 saturated carbocycles. The van der Waals surface area contributed by atoms with E-state index in [0.717, 1.165) is 17.0 Å². The number of hydrogen-bond acceptors (Lipinski definition) is 5. The lowest BCUT2D eigenvalue weighted by Gasteiger charge is -2.21. The van der Waals surface area contributed by atoms with Crippen molar-refractivity contribution in [2.75, 3.05) is 7.05 Å². The molecule has 0 fully saturated rings. The monoisotopic (exact) mass is 399 g/mol. The SMILES string of the molecule is Cc1cc(C)n(-c2ccc(SC(C)C(=O)N(C)Cc3cccc(F)c3)nn2)n1. The minimum atomic E-state index is -0.340. The number of aryl methyl sites for hydroxylation is 2. The minimum absolute atomic E-state index is 0.0568. The second-order valence-corrected chi connectivity index (χ2v) is 8.01. The molecule has 2 aromatic heterocycles. The van der Waals surface area contributed by atoms with Gasteiger partial charge in [0.2, 0.25) is 5.91 Å². The van der Waals surface area contributed by atoms with E-state index < -0.39 is 0 Å². The predicted octanol–water partition coefficient (Wildman–Crippen LogP) is 3.56. The lowest BCUT2D eigenvalue weighted by atomic mass is 10.2. The Bertz CT molecular complexity index is 973. The highest BCUT2D eigenvalue weighted by atomic mass is 32.2. The Balaban J connectivity index is 1.62. The van der Waals surface area contributed by atoms with Crippen LogP contribution in [0.25, 0.3) is 5.82 Å². The molecule has 0 spiro atoms. The number of thioether (sulfide) groups is 1. The average Bonchev–Trinajstić information content (AvgIpc) is 2.99. The van der Waals surface area contributed by atoms with Crippen LogP contribution in [0.1, 0.15) is 23.9 Å². The third-order valence-electron chi connectivity index (χ3n) is 4.18. The maximum absolute atomic E-state index is 13.3. The van der Waals surface area contributed by atoms with Gasteiger partial charge in [-0.3, -0.25) is 4.79 Å². The number of halogens is 1. The smallest absolute Gasteiger partial charge is 0.235 e. The molecule has 3 aromatic rings. The van der Waals surface area contributed by atoms with E-state index in [1.54, 1.807) is 28.8 Å². The Morgan fingerprint density at radius 1 is 1.21 bits per heavy atom. The van der Waals surface area contributed by atoms with Crippen LogP contribution in [-0.2, 0) is 11.3 Å². The van der Waals surface area contributed by atoms with Crippen molar-refractivity contribution in [2.24, 2.45) is 0 Å². The van der Waals surface area contributed by atoms with Gasteiger partial charge in [-0.05, 0) is 56.7 Å². The van der Waals surface area contributed by atoms with Crippen molar-refractivity contribution in [3.63, 3.8) is 0 Å². The number of nitrogens with zero attached hydrogens (tertiary/aromatic N) is 5. The van der Waals surface area contributed by atoms with Crippen LogP contribution in [0.5, 0.6) is 0 Å². The van der Waals surface area contributed by atoms with Crippen molar-refractivity contribution in [2.45, 2.75) is 37.6 Å². The van der Waals surface area contributed by atoms with E-state index in [1.165, 1.54) is 23.9 Å². The highest BCUT2D eigenvalue weighted by Gasteiger charge is 2.20. The zero-order valence-electron chi connectivity index (χ0n) is 16.3. The standard InChI is InChI=1S/C20H22FN5OS/c1-13-10-14(2)26(24-13)18-8-9-19(23-22-18)28-15(3)20(27)25(4)12-16-6-5-7-17(21)11-16/h5-11,15H,12H2,1-4H3. The van der Waals surface area contributed by atoms with Crippen LogP contribution in [0.3, 0.4) is 0 Å². The first kappa shape index (κ1) is 20.0. The molecule has 0 radical (unpaired) electrons. The fourth-order valence-corrected chi connectivity index (χ4v) is 3.76. The Labute approximate surface area is 167 Å². The van der Waals surface area contributed by atoms with Gasteiger partial charge < -0.3 is 4.90 Å². The normalized spacial score (nSPS) is 12.0. The van der Waals surface area contributed by atoms with E-state index >= 15 is 0 Å². The van der Waals surface area contributed by atoms with Crippen LogP contribution in [-0.4, -0.2) is 43.1 Å². The first-order valence-electron chi connectivity index (χ1n) is 8.87. The summed E-state index contributed by atoms with van der Waals surface area (Å²) in [6.45, 7) is 6.06. The highest BCUT2D eigenvalue weighted by molar-refractivity contribution is 8.00. The molecular formula is C20H22FN5OS. The second kappa shape index (κ2) is 8.52. The molecule has 146 valence electrons. The van der Waals surface area contributed by atoms with Crippen LogP contribution in [0.2, 0.25) is 0 Å². The Morgan fingerprint density at radius 2 is 2.00 bits per heavy atom. The van der Waals surface area contributed by atoms with Gasteiger partial charge in [0.05, 0.1) is 10.9 Å². The van der Waals surface area contributed by atoms with Gasteiger partial charge in [0, 0.05) is 19.3 Å². The molecule has 0 saturated heterocycles. The molecule has 3 rings (SSSR count). The van der Waals surface area contributed by atoms with Gasteiger partial charge in [-0.2, -0.15) is 5.10 Å². The Morgan fingerprint density at radius 3 is 2.61 bits per heavy atom. The summed E-state index contributed by atoms with van der Waals surface area (Å²) in [5.74, 6) is 0.273. The van der Waals surface area contributed by atoms with Gasteiger partial charge >= 0.3 is 0 Å². The summed E-state index contributed by atoms with van der Waals surface area (Å²) in [6, 6.07) is 11.9. The van der Waals surface area contributed by atoms with Crippen molar-refractivity contribution in [3.05, 3.63) is 65.2 Å². The van der Waals surface area contributed by atoms with Gasteiger partial charge in [-0.1, -0.05) is 23.9 Å². The summed E-state index contributed by atoms with van der Waals surface area (Å²) < 4.78 is 15.1. The fraction of sp³-hybridized carbons (Fsp3) is 0.300. The van der Waals surface area contributed by atoms with Crippen molar-refractivity contribution < 1.29 is 9.18 Å². The van der Waals surface area contributed by atoms with Crippen LogP contribution in [0.15, 0.2) is 47.5 Å². The van der Waals surface area contributed by atoms with E-state index in [0.29, 0.717) is 17.4 Å². The maximum atomic E-state index is 13.3. The number of aromatic nitrogens is 4. The summed E-state index contributed by atoms with van der Waals surface area (Å²) in [5.41, 5.74) is 2.65. The zero-order chi connectivity index (χ0) is 20.3. The lowest BCUT2D eigenvalue weighted by molar-refractivity contribution is -0.129. The number of carbonyl (C=O) groups is 1. The topological polar surface area (TPSA) is 63.9 Å². The maximum Gasteiger partial charge on any atom is 0.235 e. The first-order valence-corrected chi connectivity index (χ1v) is 9.75. The number of carbonyl (C=O) groups excluding carboxylic acids is 1. The quantitative estimate of drug-likeness (QED) is 0.593. The van der Waals surface area contributed by atoms with E-state index in [4.69, 9.17) is 0 Å². The lowest BCUT2D eigenvalue weighted by Crippen LogP contribution is -2.32. The number of amides is 1. The predicted molar refractivity (Wildman–Crippen MR) is 107 cm³/mol.